The Hall–Kier alpha value is -2.21. The van der Waals surface area contributed by atoms with Crippen molar-refractivity contribution in [1.82, 2.24) is 14.4 Å². The van der Waals surface area contributed by atoms with Gasteiger partial charge in [0, 0.05) is 0 Å². The second-order valence-electron chi connectivity index (χ2n) is 5.16. The summed E-state index contributed by atoms with van der Waals surface area (Å²) in [6.45, 7) is 1.69. The van der Waals surface area contributed by atoms with Crippen molar-refractivity contribution in [2.24, 2.45) is 0 Å². The molecule has 1 aliphatic carbocycles. The normalized spacial score (nSPS) is 22.0. The fourth-order valence-corrected chi connectivity index (χ4v) is 3.60. The molecule has 21 heavy (non-hydrogen) atoms. The molecule has 0 spiro atoms. The van der Waals surface area contributed by atoms with E-state index in [0.29, 0.717) is 6.42 Å². The fourth-order valence-electron chi connectivity index (χ4n) is 2.29. The Kier molecular flexibility index (Phi) is 3.25. The van der Waals surface area contributed by atoms with Crippen LogP contribution in [0.25, 0.3) is 5.57 Å². The molecular weight excluding hydrogens is 286 g/mol. The van der Waals surface area contributed by atoms with Gasteiger partial charge in [-0.2, -0.15) is 0 Å². The molecule has 5 nitrogen and oxygen atoms in total. The van der Waals surface area contributed by atoms with E-state index in [9.17, 15) is 8.42 Å². The second kappa shape index (κ2) is 4.96. The van der Waals surface area contributed by atoms with Crippen LogP contribution in [0.5, 0.6) is 0 Å². The maximum Gasteiger partial charge on any atom is 0.264 e. The van der Waals surface area contributed by atoms with E-state index in [1.54, 1.807) is 13.0 Å². The molecule has 1 aliphatic rings. The Morgan fingerprint density at radius 3 is 2.57 bits per heavy atom. The van der Waals surface area contributed by atoms with Gasteiger partial charge in [-0.25, -0.2) is 8.42 Å². The van der Waals surface area contributed by atoms with Crippen molar-refractivity contribution in [2.75, 3.05) is 0 Å². The van der Waals surface area contributed by atoms with Crippen LogP contribution in [0.2, 0.25) is 0 Å². The molecule has 2 aromatic rings. The smallest absolute Gasteiger partial charge is 0.204 e. The third-order valence-corrected chi connectivity index (χ3v) is 5.85. The summed E-state index contributed by atoms with van der Waals surface area (Å²) in [7, 11) is -3.61. The predicted molar refractivity (Wildman–Crippen MR) is 80.9 cm³/mol. The van der Waals surface area contributed by atoms with Crippen LogP contribution in [0, 0.1) is 0 Å². The van der Waals surface area contributed by atoms with Gasteiger partial charge in [0.15, 0.2) is 0 Å². The SMILES string of the molecule is CC1(S(=O)(=O)n2ccnn2)C=CC(c2ccccc2)=CC1. The molecule has 1 unspecified atom stereocenters. The van der Waals surface area contributed by atoms with Crippen molar-refractivity contribution >= 4 is 15.6 Å². The van der Waals surface area contributed by atoms with Gasteiger partial charge < -0.3 is 0 Å². The number of allylic oxidation sites excluding steroid dienone is 3. The molecule has 0 fully saturated rings. The first-order chi connectivity index (χ1) is 10.0. The van der Waals surface area contributed by atoms with Gasteiger partial charge in [-0.15, -0.1) is 9.19 Å². The molecule has 0 saturated carbocycles. The van der Waals surface area contributed by atoms with Crippen LogP contribution in [0.4, 0.5) is 0 Å². The first-order valence-corrected chi connectivity index (χ1v) is 8.03. The van der Waals surface area contributed by atoms with Gasteiger partial charge in [-0.3, -0.25) is 0 Å². The number of nitrogens with zero attached hydrogens (tertiary/aromatic N) is 3. The van der Waals surface area contributed by atoms with E-state index < -0.39 is 14.8 Å². The minimum Gasteiger partial charge on any atom is -0.204 e. The Morgan fingerprint density at radius 1 is 1.24 bits per heavy atom. The monoisotopic (exact) mass is 301 g/mol. The average Bonchev–Trinajstić information content (AvgIpc) is 3.04. The standard InChI is InChI=1S/C15H15N3O2S/c1-15(21(19,20)18-12-11-16-17-18)9-7-14(8-10-15)13-5-3-2-4-6-13/h2-9,11-12H,10H2,1H3. The van der Waals surface area contributed by atoms with Crippen molar-refractivity contribution in [3.63, 3.8) is 0 Å². The third-order valence-electron chi connectivity index (χ3n) is 3.69. The van der Waals surface area contributed by atoms with Gasteiger partial charge in [0.25, 0.3) is 10.0 Å². The predicted octanol–water partition coefficient (Wildman–Crippen LogP) is 2.26. The van der Waals surface area contributed by atoms with Crippen LogP contribution in [0.1, 0.15) is 18.9 Å². The molecule has 1 atom stereocenters. The highest BCUT2D eigenvalue weighted by Gasteiger charge is 2.39. The Morgan fingerprint density at radius 2 is 2.00 bits per heavy atom. The molecule has 0 radical (unpaired) electrons. The van der Waals surface area contributed by atoms with Crippen LogP contribution in [-0.2, 0) is 10.0 Å². The van der Waals surface area contributed by atoms with Gasteiger partial charge in [0.2, 0.25) is 0 Å². The zero-order chi connectivity index (χ0) is 14.9. The minimum absolute atomic E-state index is 0.399. The van der Waals surface area contributed by atoms with Crippen LogP contribution in [0.15, 0.2) is 61.0 Å². The van der Waals surface area contributed by atoms with Gasteiger partial charge in [0.1, 0.15) is 4.75 Å². The summed E-state index contributed by atoms with van der Waals surface area (Å²) >= 11 is 0. The topological polar surface area (TPSA) is 64.8 Å². The van der Waals surface area contributed by atoms with Crippen LogP contribution in [0.3, 0.4) is 0 Å². The van der Waals surface area contributed by atoms with Crippen LogP contribution in [-0.4, -0.2) is 27.6 Å². The molecular formula is C15H15N3O2S. The van der Waals surface area contributed by atoms with E-state index >= 15 is 0 Å². The molecule has 0 bridgehead atoms. The molecule has 1 aromatic carbocycles. The average molecular weight is 301 g/mol. The number of rotatable bonds is 3. The maximum absolute atomic E-state index is 12.6. The molecule has 3 rings (SSSR count). The highest BCUT2D eigenvalue weighted by Crippen LogP contribution is 2.32. The molecule has 0 aliphatic heterocycles. The lowest BCUT2D eigenvalue weighted by Gasteiger charge is -2.27. The lowest BCUT2D eigenvalue weighted by atomic mass is 9.94. The van der Waals surface area contributed by atoms with Crippen molar-refractivity contribution in [2.45, 2.75) is 18.1 Å². The van der Waals surface area contributed by atoms with Crippen LogP contribution >= 0.6 is 0 Å². The summed E-state index contributed by atoms with van der Waals surface area (Å²) in [5.74, 6) is 0. The zero-order valence-electron chi connectivity index (χ0n) is 11.5. The highest BCUT2D eigenvalue weighted by molar-refractivity contribution is 7.91. The van der Waals surface area contributed by atoms with Gasteiger partial charge in [-0.05, 0) is 24.5 Å². The molecule has 108 valence electrons. The summed E-state index contributed by atoms with van der Waals surface area (Å²) in [5.41, 5.74) is 2.11. The van der Waals surface area contributed by atoms with Crippen molar-refractivity contribution in [3.8, 4) is 0 Å². The lowest BCUT2D eigenvalue weighted by Crippen LogP contribution is -2.38. The van der Waals surface area contributed by atoms with Gasteiger partial charge in [0.05, 0.1) is 12.4 Å². The minimum atomic E-state index is -3.61. The van der Waals surface area contributed by atoms with E-state index in [1.165, 1.54) is 12.4 Å². The number of hydrogen-bond donors (Lipinski definition) is 0. The summed E-state index contributed by atoms with van der Waals surface area (Å²) in [6.07, 6.45) is 8.64. The molecule has 0 amide bonds. The number of benzene rings is 1. The molecule has 1 aromatic heterocycles. The quantitative estimate of drug-likeness (QED) is 0.872. The summed E-state index contributed by atoms with van der Waals surface area (Å²) in [6, 6.07) is 9.89. The summed E-state index contributed by atoms with van der Waals surface area (Å²) < 4.78 is 25.1. The molecule has 0 N–H and O–H groups in total. The Labute approximate surface area is 123 Å². The van der Waals surface area contributed by atoms with Crippen LogP contribution < -0.4 is 0 Å². The second-order valence-corrected chi connectivity index (χ2v) is 7.41. The molecule has 6 heteroatoms. The summed E-state index contributed by atoms with van der Waals surface area (Å²) in [4.78, 5) is 0. The van der Waals surface area contributed by atoms with E-state index in [4.69, 9.17) is 0 Å². The zero-order valence-corrected chi connectivity index (χ0v) is 12.4. The van der Waals surface area contributed by atoms with Gasteiger partial charge in [-0.1, -0.05) is 53.8 Å². The Balaban J connectivity index is 1.92. The lowest BCUT2D eigenvalue weighted by molar-refractivity contribution is 0.543. The fraction of sp³-hybridized carbons (Fsp3) is 0.200. The first kappa shape index (κ1) is 13.8. The van der Waals surface area contributed by atoms with E-state index in [0.717, 1.165) is 15.2 Å². The number of aromatic nitrogens is 3. The molecule has 1 heterocycles. The number of hydrogen-bond acceptors (Lipinski definition) is 4. The third kappa shape index (κ3) is 2.31. The van der Waals surface area contributed by atoms with Crippen molar-refractivity contribution < 1.29 is 8.42 Å². The highest BCUT2D eigenvalue weighted by atomic mass is 32.2. The van der Waals surface area contributed by atoms with Crippen molar-refractivity contribution in [1.29, 1.82) is 0 Å². The van der Waals surface area contributed by atoms with Gasteiger partial charge >= 0.3 is 0 Å². The molecule has 0 saturated heterocycles. The first-order valence-electron chi connectivity index (χ1n) is 6.59. The van der Waals surface area contributed by atoms with E-state index in [-0.39, 0.29) is 0 Å². The maximum atomic E-state index is 12.6. The largest absolute Gasteiger partial charge is 0.264 e. The van der Waals surface area contributed by atoms with Crippen molar-refractivity contribution in [3.05, 3.63) is 66.5 Å². The summed E-state index contributed by atoms with van der Waals surface area (Å²) in [5, 5.41) is 7.18. The van der Waals surface area contributed by atoms with E-state index in [1.807, 2.05) is 42.5 Å². The Bertz CT molecular complexity index is 793. The van der Waals surface area contributed by atoms with E-state index in [2.05, 4.69) is 10.3 Å².